The molecule has 5 heteroatoms. The van der Waals surface area contributed by atoms with Crippen molar-refractivity contribution in [1.82, 2.24) is 9.97 Å². The average Bonchev–Trinajstić information content (AvgIpc) is 2.96. The maximum Gasteiger partial charge on any atom is 0.231 e. The van der Waals surface area contributed by atoms with Gasteiger partial charge in [-0.3, -0.25) is 0 Å². The summed E-state index contributed by atoms with van der Waals surface area (Å²) in [4.78, 5) is 9.24. The molecule has 21 heavy (non-hydrogen) atoms. The van der Waals surface area contributed by atoms with Crippen LogP contribution in [0, 0.1) is 13.8 Å². The number of nitrogens with zero attached hydrogens (tertiary/aromatic N) is 2. The highest BCUT2D eigenvalue weighted by atomic mass is 16.7. The lowest BCUT2D eigenvalue weighted by Crippen LogP contribution is -2.07. The molecule has 1 aliphatic rings. The highest BCUT2D eigenvalue weighted by Crippen LogP contribution is 2.35. The molecule has 0 atom stereocenters. The van der Waals surface area contributed by atoms with Crippen LogP contribution >= 0.6 is 0 Å². The summed E-state index contributed by atoms with van der Waals surface area (Å²) in [7, 11) is 0. The molecule has 0 bridgehead atoms. The van der Waals surface area contributed by atoms with Crippen molar-refractivity contribution < 1.29 is 9.47 Å². The van der Waals surface area contributed by atoms with Gasteiger partial charge in [-0.1, -0.05) is 6.92 Å². The van der Waals surface area contributed by atoms with Crippen molar-refractivity contribution in [3.05, 3.63) is 29.5 Å². The van der Waals surface area contributed by atoms with E-state index in [1.165, 1.54) is 0 Å². The SMILES string of the molecule is CCCNc1nc(-c2ccc3c(c2)OCO3)nc(C)c1C. The molecule has 0 spiro atoms. The van der Waals surface area contributed by atoms with Crippen LogP contribution in [0.15, 0.2) is 18.2 Å². The number of rotatable bonds is 4. The lowest BCUT2D eigenvalue weighted by Gasteiger charge is -2.12. The zero-order valence-electron chi connectivity index (χ0n) is 12.6. The van der Waals surface area contributed by atoms with Crippen LogP contribution in [0.3, 0.4) is 0 Å². The predicted octanol–water partition coefficient (Wildman–Crippen LogP) is 3.31. The van der Waals surface area contributed by atoms with Crippen LogP contribution < -0.4 is 14.8 Å². The van der Waals surface area contributed by atoms with Crippen molar-refractivity contribution in [3.63, 3.8) is 0 Å². The van der Waals surface area contributed by atoms with Gasteiger partial charge in [0, 0.05) is 23.4 Å². The van der Waals surface area contributed by atoms with E-state index in [2.05, 4.69) is 22.2 Å². The first-order valence-electron chi connectivity index (χ1n) is 7.18. The van der Waals surface area contributed by atoms with Crippen molar-refractivity contribution in [2.45, 2.75) is 27.2 Å². The number of ether oxygens (including phenoxy) is 2. The minimum Gasteiger partial charge on any atom is -0.454 e. The maximum absolute atomic E-state index is 5.42. The van der Waals surface area contributed by atoms with E-state index < -0.39 is 0 Å². The molecular formula is C16H19N3O2. The number of hydrogen-bond donors (Lipinski definition) is 1. The Hall–Kier alpha value is -2.30. The Bertz CT molecular complexity index is 671. The summed E-state index contributed by atoms with van der Waals surface area (Å²) in [5.74, 6) is 3.12. The summed E-state index contributed by atoms with van der Waals surface area (Å²) < 4.78 is 10.7. The minimum absolute atomic E-state index is 0.274. The molecule has 1 aliphatic heterocycles. The number of aromatic nitrogens is 2. The Kier molecular flexibility index (Phi) is 3.64. The first-order valence-corrected chi connectivity index (χ1v) is 7.18. The van der Waals surface area contributed by atoms with Crippen molar-refractivity contribution in [2.24, 2.45) is 0 Å². The Labute approximate surface area is 124 Å². The predicted molar refractivity (Wildman–Crippen MR) is 81.8 cm³/mol. The molecule has 0 saturated heterocycles. The second-order valence-corrected chi connectivity index (χ2v) is 5.10. The number of aryl methyl sites for hydroxylation is 1. The third-order valence-electron chi connectivity index (χ3n) is 3.56. The fraction of sp³-hybridized carbons (Fsp3) is 0.375. The molecule has 2 heterocycles. The van der Waals surface area contributed by atoms with Crippen LogP contribution in [0.5, 0.6) is 11.5 Å². The summed E-state index contributed by atoms with van der Waals surface area (Å²) >= 11 is 0. The van der Waals surface area contributed by atoms with Crippen molar-refractivity contribution in [2.75, 3.05) is 18.7 Å². The van der Waals surface area contributed by atoms with E-state index in [9.17, 15) is 0 Å². The lowest BCUT2D eigenvalue weighted by atomic mass is 10.1. The molecule has 0 unspecified atom stereocenters. The molecule has 110 valence electrons. The van der Waals surface area contributed by atoms with Crippen molar-refractivity contribution >= 4 is 5.82 Å². The van der Waals surface area contributed by atoms with Gasteiger partial charge in [0.05, 0.1) is 0 Å². The molecule has 2 aromatic rings. The van der Waals surface area contributed by atoms with Gasteiger partial charge in [0.15, 0.2) is 17.3 Å². The zero-order chi connectivity index (χ0) is 14.8. The summed E-state index contributed by atoms with van der Waals surface area (Å²) in [6.45, 7) is 7.35. The van der Waals surface area contributed by atoms with Crippen LogP contribution in [-0.2, 0) is 0 Å². The zero-order valence-corrected chi connectivity index (χ0v) is 12.6. The molecule has 0 radical (unpaired) electrons. The summed E-state index contributed by atoms with van der Waals surface area (Å²) in [6, 6.07) is 5.78. The Morgan fingerprint density at radius 1 is 1.14 bits per heavy atom. The number of benzene rings is 1. The van der Waals surface area contributed by atoms with Gasteiger partial charge in [-0.25, -0.2) is 9.97 Å². The minimum atomic E-state index is 0.274. The van der Waals surface area contributed by atoms with Gasteiger partial charge in [-0.05, 0) is 38.5 Å². The third-order valence-corrected chi connectivity index (χ3v) is 3.56. The van der Waals surface area contributed by atoms with Crippen LogP contribution in [0.1, 0.15) is 24.6 Å². The fourth-order valence-corrected chi connectivity index (χ4v) is 2.21. The number of nitrogens with one attached hydrogen (secondary N) is 1. The lowest BCUT2D eigenvalue weighted by molar-refractivity contribution is 0.174. The molecule has 0 saturated carbocycles. The van der Waals surface area contributed by atoms with Gasteiger partial charge in [0.25, 0.3) is 0 Å². The molecule has 1 aromatic heterocycles. The molecule has 3 rings (SSSR count). The van der Waals surface area contributed by atoms with E-state index in [1.54, 1.807) is 0 Å². The highest BCUT2D eigenvalue weighted by Gasteiger charge is 2.16. The molecular weight excluding hydrogens is 266 g/mol. The number of anilines is 1. The average molecular weight is 285 g/mol. The van der Waals surface area contributed by atoms with Crippen molar-refractivity contribution in [1.29, 1.82) is 0 Å². The van der Waals surface area contributed by atoms with E-state index in [1.807, 2.05) is 32.0 Å². The Balaban J connectivity index is 2.00. The van der Waals surface area contributed by atoms with E-state index in [4.69, 9.17) is 9.47 Å². The Morgan fingerprint density at radius 3 is 2.76 bits per heavy atom. The first-order chi connectivity index (χ1) is 10.2. The van der Waals surface area contributed by atoms with Gasteiger partial charge in [0.1, 0.15) is 5.82 Å². The van der Waals surface area contributed by atoms with E-state index >= 15 is 0 Å². The highest BCUT2D eigenvalue weighted by molar-refractivity contribution is 5.64. The maximum atomic E-state index is 5.42. The van der Waals surface area contributed by atoms with Gasteiger partial charge >= 0.3 is 0 Å². The van der Waals surface area contributed by atoms with Crippen LogP contribution in [-0.4, -0.2) is 23.3 Å². The largest absolute Gasteiger partial charge is 0.454 e. The summed E-state index contributed by atoms with van der Waals surface area (Å²) in [5, 5.41) is 3.36. The molecule has 0 aliphatic carbocycles. The van der Waals surface area contributed by atoms with Crippen LogP contribution in [0.2, 0.25) is 0 Å². The molecule has 1 aromatic carbocycles. The van der Waals surface area contributed by atoms with E-state index in [0.717, 1.165) is 47.1 Å². The molecule has 0 fully saturated rings. The fourth-order valence-electron chi connectivity index (χ4n) is 2.21. The number of hydrogen-bond acceptors (Lipinski definition) is 5. The second kappa shape index (κ2) is 5.60. The molecule has 0 amide bonds. The van der Waals surface area contributed by atoms with Crippen molar-refractivity contribution in [3.8, 4) is 22.9 Å². The Morgan fingerprint density at radius 2 is 1.95 bits per heavy atom. The summed E-state index contributed by atoms with van der Waals surface area (Å²) in [6.07, 6.45) is 1.06. The topological polar surface area (TPSA) is 56.3 Å². The second-order valence-electron chi connectivity index (χ2n) is 5.10. The molecule has 5 nitrogen and oxygen atoms in total. The standard InChI is InChI=1S/C16H19N3O2/c1-4-7-17-15-10(2)11(3)18-16(19-15)12-5-6-13-14(8-12)21-9-20-13/h5-6,8H,4,7,9H2,1-3H3,(H,17,18,19). The molecule has 1 N–H and O–H groups in total. The first kappa shape index (κ1) is 13.7. The number of fused-ring (bicyclic) bond motifs is 1. The third kappa shape index (κ3) is 2.63. The monoisotopic (exact) mass is 285 g/mol. The van der Waals surface area contributed by atoms with E-state index in [0.29, 0.717) is 5.82 Å². The quantitative estimate of drug-likeness (QED) is 0.934. The normalized spacial score (nSPS) is 12.5. The summed E-state index contributed by atoms with van der Waals surface area (Å²) in [5.41, 5.74) is 3.01. The van der Waals surface area contributed by atoms with Gasteiger partial charge < -0.3 is 14.8 Å². The van der Waals surface area contributed by atoms with Gasteiger partial charge in [-0.2, -0.15) is 0 Å². The van der Waals surface area contributed by atoms with Gasteiger partial charge in [0.2, 0.25) is 6.79 Å². The van der Waals surface area contributed by atoms with Gasteiger partial charge in [-0.15, -0.1) is 0 Å². The van der Waals surface area contributed by atoms with Crippen LogP contribution in [0.4, 0.5) is 5.82 Å². The smallest absolute Gasteiger partial charge is 0.231 e. The van der Waals surface area contributed by atoms with Crippen LogP contribution in [0.25, 0.3) is 11.4 Å². The van der Waals surface area contributed by atoms with E-state index in [-0.39, 0.29) is 6.79 Å².